The van der Waals surface area contributed by atoms with Crippen LogP contribution in [0, 0.1) is 6.92 Å². The Morgan fingerprint density at radius 2 is 1.65 bits per heavy atom. The van der Waals surface area contributed by atoms with Gasteiger partial charge in [0.1, 0.15) is 6.54 Å². The third kappa shape index (κ3) is 8.99. The average molecular weight is 466 g/mol. The molecule has 0 heterocycles. The standard InChI is InChI=1S/C20H20ClN3O6S/c1-14-2-4-15(5-3-14)10-11-31(28,29)22-12-19(26)30-13-18(25)23-24-20(27)16-6-8-17(21)9-7-16/h2-11,22H,12-13H2,1H3,(H,23,25)(H,24,27). The lowest BCUT2D eigenvalue weighted by molar-refractivity contribution is -0.147. The zero-order chi connectivity index (χ0) is 22.9. The van der Waals surface area contributed by atoms with Crippen molar-refractivity contribution in [2.75, 3.05) is 13.2 Å². The van der Waals surface area contributed by atoms with Crippen molar-refractivity contribution in [2.24, 2.45) is 0 Å². The second-order valence-electron chi connectivity index (χ2n) is 6.25. The lowest BCUT2D eigenvalue weighted by Crippen LogP contribution is -2.44. The molecule has 0 saturated heterocycles. The normalized spacial score (nSPS) is 11.2. The van der Waals surface area contributed by atoms with Gasteiger partial charge in [-0.15, -0.1) is 0 Å². The first-order valence-corrected chi connectivity index (χ1v) is 10.8. The van der Waals surface area contributed by atoms with E-state index >= 15 is 0 Å². The Bertz CT molecular complexity index is 1070. The van der Waals surface area contributed by atoms with Gasteiger partial charge in [0.15, 0.2) is 6.61 Å². The largest absolute Gasteiger partial charge is 0.455 e. The zero-order valence-corrected chi connectivity index (χ0v) is 18.0. The summed E-state index contributed by atoms with van der Waals surface area (Å²) >= 11 is 5.72. The number of aryl methyl sites for hydroxylation is 1. The van der Waals surface area contributed by atoms with Gasteiger partial charge in [-0.3, -0.25) is 25.2 Å². The highest BCUT2D eigenvalue weighted by Crippen LogP contribution is 2.09. The van der Waals surface area contributed by atoms with Gasteiger partial charge in [-0.25, -0.2) is 13.1 Å². The molecule has 31 heavy (non-hydrogen) atoms. The number of hydrogen-bond donors (Lipinski definition) is 3. The van der Waals surface area contributed by atoms with E-state index in [1.807, 2.05) is 23.8 Å². The highest BCUT2D eigenvalue weighted by Gasteiger charge is 2.13. The van der Waals surface area contributed by atoms with Gasteiger partial charge in [-0.05, 0) is 42.8 Å². The van der Waals surface area contributed by atoms with Crippen LogP contribution < -0.4 is 15.6 Å². The fourth-order valence-corrected chi connectivity index (χ4v) is 2.96. The molecule has 0 radical (unpaired) electrons. The van der Waals surface area contributed by atoms with Crippen LogP contribution in [0.2, 0.25) is 5.02 Å². The van der Waals surface area contributed by atoms with Crippen LogP contribution in [0.15, 0.2) is 53.9 Å². The molecule has 0 spiro atoms. The molecule has 3 N–H and O–H groups in total. The SMILES string of the molecule is Cc1ccc(C=CS(=O)(=O)NCC(=O)OCC(=O)NNC(=O)c2ccc(Cl)cc2)cc1. The summed E-state index contributed by atoms with van der Waals surface area (Å²) in [6.07, 6.45) is 1.38. The summed E-state index contributed by atoms with van der Waals surface area (Å²) in [5, 5.41) is 1.37. The van der Waals surface area contributed by atoms with Crippen molar-refractivity contribution in [1.29, 1.82) is 0 Å². The summed E-state index contributed by atoms with van der Waals surface area (Å²) in [7, 11) is -3.88. The molecule has 0 aliphatic heterocycles. The quantitative estimate of drug-likeness (QED) is 0.400. The van der Waals surface area contributed by atoms with Gasteiger partial charge in [-0.2, -0.15) is 0 Å². The molecule has 0 saturated carbocycles. The number of halogens is 1. The lowest BCUT2D eigenvalue weighted by Gasteiger charge is -2.08. The van der Waals surface area contributed by atoms with Crippen LogP contribution in [0.5, 0.6) is 0 Å². The minimum absolute atomic E-state index is 0.259. The van der Waals surface area contributed by atoms with Crippen LogP contribution in [-0.4, -0.2) is 39.4 Å². The van der Waals surface area contributed by atoms with E-state index in [-0.39, 0.29) is 5.56 Å². The third-order valence-corrected chi connectivity index (χ3v) is 5.01. The summed E-state index contributed by atoms with van der Waals surface area (Å²) in [4.78, 5) is 35.1. The van der Waals surface area contributed by atoms with Gasteiger partial charge in [0.2, 0.25) is 10.0 Å². The molecule has 2 rings (SSSR count). The van der Waals surface area contributed by atoms with Crippen LogP contribution in [0.3, 0.4) is 0 Å². The van der Waals surface area contributed by atoms with Crippen LogP contribution in [0.4, 0.5) is 0 Å². The Morgan fingerprint density at radius 3 is 2.29 bits per heavy atom. The van der Waals surface area contributed by atoms with Crippen molar-refractivity contribution >= 4 is 45.5 Å². The van der Waals surface area contributed by atoms with E-state index in [4.69, 9.17) is 11.6 Å². The number of amides is 2. The monoisotopic (exact) mass is 465 g/mol. The first kappa shape index (κ1) is 24.1. The predicted octanol–water partition coefficient (Wildman–Crippen LogP) is 1.54. The van der Waals surface area contributed by atoms with E-state index in [1.165, 1.54) is 30.3 Å². The van der Waals surface area contributed by atoms with Crippen molar-refractivity contribution in [2.45, 2.75) is 6.92 Å². The average Bonchev–Trinajstić information content (AvgIpc) is 2.75. The maximum atomic E-state index is 11.9. The molecule has 2 aromatic rings. The zero-order valence-electron chi connectivity index (χ0n) is 16.4. The van der Waals surface area contributed by atoms with E-state index in [2.05, 4.69) is 15.6 Å². The molecule has 0 aliphatic carbocycles. The molecule has 2 amide bonds. The number of nitrogens with one attached hydrogen (secondary N) is 3. The first-order valence-electron chi connectivity index (χ1n) is 8.89. The van der Waals surface area contributed by atoms with Crippen LogP contribution in [-0.2, 0) is 24.3 Å². The number of hydrazine groups is 1. The van der Waals surface area contributed by atoms with E-state index in [0.717, 1.165) is 11.0 Å². The van der Waals surface area contributed by atoms with Gasteiger partial charge >= 0.3 is 5.97 Å². The summed E-state index contributed by atoms with van der Waals surface area (Å²) in [5.41, 5.74) is 6.18. The third-order valence-electron chi connectivity index (χ3n) is 3.72. The van der Waals surface area contributed by atoms with E-state index < -0.39 is 41.0 Å². The topological polar surface area (TPSA) is 131 Å². The molecule has 0 aromatic heterocycles. The highest BCUT2D eigenvalue weighted by atomic mass is 35.5. The minimum atomic E-state index is -3.88. The Labute approximate surface area is 184 Å². The van der Waals surface area contributed by atoms with Gasteiger partial charge in [0.05, 0.1) is 0 Å². The molecular formula is C20H20ClN3O6S. The van der Waals surface area contributed by atoms with Crippen molar-refractivity contribution in [3.05, 3.63) is 75.7 Å². The maximum absolute atomic E-state index is 11.9. The number of hydrogen-bond acceptors (Lipinski definition) is 6. The summed E-state index contributed by atoms with van der Waals surface area (Å²) in [5.74, 6) is -2.37. The van der Waals surface area contributed by atoms with E-state index in [0.29, 0.717) is 10.6 Å². The smallest absolute Gasteiger partial charge is 0.321 e. The van der Waals surface area contributed by atoms with Crippen LogP contribution in [0.25, 0.3) is 6.08 Å². The summed E-state index contributed by atoms with van der Waals surface area (Å²) in [6.45, 7) is 0.539. The van der Waals surface area contributed by atoms with Gasteiger partial charge < -0.3 is 4.74 Å². The molecule has 11 heteroatoms. The highest BCUT2D eigenvalue weighted by molar-refractivity contribution is 7.92. The van der Waals surface area contributed by atoms with Gasteiger partial charge in [0, 0.05) is 16.0 Å². The fraction of sp³-hybridized carbons (Fsp3) is 0.150. The lowest BCUT2D eigenvalue weighted by atomic mass is 10.2. The Hall–Kier alpha value is -3.21. The van der Waals surface area contributed by atoms with Gasteiger partial charge in [-0.1, -0.05) is 41.4 Å². The van der Waals surface area contributed by atoms with Crippen molar-refractivity contribution in [1.82, 2.24) is 15.6 Å². The molecule has 0 atom stereocenters. The van der Waals surface area contributed by atoms with Crippen LogP contribution in [0.1, 0.15) is 21.5 Å². The first-order chi connectivity index (χ1) is 14.6. The van der Waals surface area contributed by atoms with Crippen molar-refractivity contribution in [3.8, 4) is 0 Å². The Kier molecular flexibility index (Phi) is 8.74. The maximum Gasteiger partial charge on any atom is 0.321 e. The molecule has 2 aromatic carbocycles. The minimum Gasteiger partial charge on any atom is -0.455 e. The second kappa shape index (κ2) is 11.3. The van der Waals surface area contributed by atoms with Crippen molar-refractivity contribution < 1.29 is 27.5 Å². The predicted molar refractivity (Wildman–Crippen MR) is 115 cm³/mol. The molecule has 0 aliphatic rings. The molecule has 164 valence electrons. The van der Waals surface area contributed by atoms with E-state index in [9.17, 15) is 22.8 Å². The Morgan fingerprint density at radius 1 is 1.00 bits per heavy atom. The number of sulfonamides is 1. The van der Waals surface area contributed by atoms with E-state index in [1.54, 1.807) is 12.1 Å². The number of ether oxygens (including phenoxy) is 1. The summed E-state index contributed by atoms with van der Waals surface area (Å²) in [6, 6.07) is 13.1. The second-order valence-corrected chi connectivity index (χ2v) is 8.34. The molecular weight excluding hydrogens is 446 g/mol. The van der Waals surface area contributed by atoms with Gasteiger partial charge in [0.25, 0.3) is 11.8 Å². The fourth-order valence-electron chi connectivity index (χ4n) is 2.09. The Balaban J connectivity index is 1.70. The molecule has 0 unspecified atom stereocenters. The van der Waals surface area contributed by atoms with Crippen molar-refractivity contribution in [3.63, 3.8) is 0 Å². The molecule has 9 nitrogen and oxygen atoms in total. The number of rotatable bonds is 8. The number of carbonyl (C=O) groups excluding carboxylic acids is 3. The number of esters is 1. The number of benzene rings is 2. The number of carbonyl (C=O) groups is 3. The molecule has 0 bridgehead atoms. The van der Waals surface area contributed by atoms with Crippen LogP contribution >= 0.6 is 11.6 Å². The molecule has 0 fully saturated rings. The summed E-state index contributed by atoms with van der Waals surface area (Å²) < 4.78 is 30.5.